The Balaban J connectivity index is 0.00000180. The molecule has 1 aliphatic rings. The number of ether oxygens (including phenoxy) is 1. The lowest BCUT2D eigenvalue weighted by molar-refractivity contribution is 0.127. The summed E-state index contributed by atoms with van der Waals surface area (Å²) >= 11 is 17.2. The molecule has 0 aromatic heterocycles. The zero-order chi connectivity index (χ0) is 13.1. The van der Waals surface area contributed by atoms with Gasteiger partial charge in [0.15, 0.2) is 0 Å². The summed E-state index contributed by atoms with van der Waals surface area (Å²) < 4.78 is 5.25. The van der Waals surface area contributed by atoms with Crippen LogP contribution < -0.4 is 0 Å². The summed E-state index contributed by atoms with van der Waals surface area (Å²) in [7, 11) is 0. The minimum Gasteiger partial charge on any atom is -0.372 e. The summed E-state index contributed by atoms with van der Waals surface area (Å²) in [4.78, 5) is 16.9. The van der Waals surface area contributed by atoms with Crippen LogP contribution in [0, 0.1) is 0 Å². The molecular weight excluding hydrogens is 334 g/mol. The number of amidine groups is 1. The zero-order valence-electron chi connectivity index (χ0n) is 9.61. The van der Waals surface area contributed by atoms with E-state index in [0.717, 1.165) is 0 Å². The molecule has 1 fully saturated rings. The van der Waals surface area contributed by atoms with Gasteiger partial charge < -0.3 is 4.74 Å². The second-order valence-electron chi connectivity index (χ2n) is 3.58. The fourth-order valence-electron chi connectivity index (χ4n) is 1.51. The molecule has 0 unspecified atom stereocenters. The van der Waals surface area contributed by atoms with Gasteiger partial charge in [-0.05, 0) is 29.8 Å². The molecule has 1 saturated heterocycles. The molecule has 8 heteroatoms. The fourth-order valence-corrected chi connectivity index (χ4v) is 1.99. The molecule has 1 aliphatic heterocycles. The van der Waals surface area contributed by atoms with Gasteiger partial charge in [0.1, 0.15) is 12.4 Å². The first-order valence-electron chi connectivity index (χ1n) is 5.15. The number of aliphatic imine (C=N–C) groups is 1. The van der Waals surface area contributed by atoms with Gasteiger partial charge in [-0.3, -0.25) is 9.69 Å². The monoisotopic (exact) mass is 342 g/mol. The average Bonchev–Trinajstić information content (AvgIpc) is 2.34. The topological polar surface area (TPSA) is 41.9 Å². The maximum Gasteiger partial charge on any atom is 0.321 e. The van der Waals surface area contributed by atoms with Crippen LogP contribution in [0.1, 0.15) is 0 Å². The summed E-state index contributed by atoms with van der Waals surface area (Å²) in [5.74, 6) is 0.458. The fraction of sp³-hybridized carbons (Fsp3) is 0.273. The molecule has 0 N–H and O–H groups in total. The molecule has 19 heavy (non-hydrogen) atoms. The first-order valence-corrected chi connectivity index (χ1v) is 6.28. The van der Waals surface area contributed by atoms with Gasteiger partial charge in [0.2, 0.25) is 0 Å². The molecular formula is C11H10Cl4N2O2. The number of benzene rings is 1. The Labute approximate surface area is 131 Å². The van der Waals surface area contributed by atoms with Crippen LogP contribution in [0.2, 0.25) is 10.0 Å². The Hall–Kier alpha value is -0.520. The van der Waals surface area contributed by atoms with E-state index in [4.69, 9.17) is 39.5 Å². The number of hydrogen-bond donors (Lipinski definition) is 0. The zero-order valence-corrected chi connectivity index (χ0v) is 12.7. The van der Waals surface area contributed by atoms with E-state index in [-0.39, 0.29) is 19.0 Å². The minimum atomic E-state index is -0.572. The normalized spacial score (nSPS) is 17.2. The molecule has 104 valence electrons. The molecule has 0 saturated carbocycles. The van der Waals surface area contributed by atoms with E-state index >= 15 is 0 Å². The average molecular weight is 344 g/mol. The van der Waals surface area contributed by atoms with Crippen LogP contribution in [0.3, 0.4) is 0 Å². The van der Waals surface area contributed by atoms with Crippen LogP contribution in [0.15, 0.2) is 23.2 Å². The number of carbonyl (C=O) groups is 1. The van der Waals surface area contributed by atoms with Crippen LogP contribution in [-0.2, 0) is 4.74 Å². The summed E-state index contributed by atoms with van der Waals surface area (Å²) in [6.45, 7) is 1.07. The maximum absolute atomic E-state index is 11.2. The Kier molecular flexibility index (Phi) is 6.36. The van der Waals surface area contributed by atoms with Crippen LogP contribution in [0.25, 0.3) is 0 Å². The van der Waals surface area contributed by atoms with Gasteiger partial charge in [-0.25, -0.2) is 4.99 Å². The first-order chi connectivity index (χ1) is 8.58. The Morgan fingerprint density at radius 1 is 1.32 bits per heavy atom. The quantitative estimate of drug-likeness (QED) is 0.568. The third-order valence-electron chi connectivity index (χ3n) is 2.38. The SMILES string of the molecule is Cl.O=C(Cl)N1CCOCC1=Nc1ccc(Cl)c(Cl)c1. The van der Waals surface area contributed by atoms with E-state index < -0.39 is 5.37 Å². The van der Waals surface area contributed by atoms with Crippen LogP contribution in [-0.4, -0.2) is 35.9 Å². The molecule has 4 nitrogen and oxygen atoms in total. The number of halogens is 4. The predicted molar refractivity (Wildman–Crippen MR) is 79.6 cm³/mol. The highest BCUT2D eigenvalue weighted by molar-refractivity contribution is 6.64. The molecule has 0 bridgehead atoms. The largest absolute Gasteiger partial charge is 0.372 e. The summed E-state index contributed by atoms with van der Waals surface area (Å²) in [5, 5.41) is 0.280. The second kappa shape index (κ2) is 7.31. The van der Waals surface area contributed by atoms with Crippen LogP contribution in [0.5, 0.6) is 0 Å². The van der Waals surface area contributed by atoms with Crippen molar-refractivity contribution in [2.24, 2.45) is 4.99 Å². The van der Waals surface area contributed by atoms with E-state index in [9.17, 15) is 4.79 Å². The minimum absolute atomic E-state index is 0. The highest BCUT2D eigenvalue weighted by Crippen LogP contribution is 2.27. The van der Waals surface area contributed by atoms with Gasteiger partial charge in [-0.15, -0.1) is 12.4 Å². The van der Waals surface area contributed by atoms with Gasteiger partial charge in [0, 0.05) is 0 Å². The van der Waals surface area contributed by atoms with E-state index in [1.807, 2.05) is 0 Å². The molecule has 1 amide bonds. The van der Waals surface area contributed by atoms with Gasteiger partial charge >= 0.3 is 5.37 Å². The Morgan fingerprint density at radius 2 is 2.05 bits per heavy atom. The van der Waals surface area contributed by atoms with Crippen molar-refractivity contribution < 1.29 is 9.53 Å². The molecule has 1 aromatic carbocycles. The highest BCUT2D eigenvalue weighted by atomic mass is 35.5. The lowest BCUT2D eigenvalue weighted by Crippen LogP contribution is -2.43. The standard InChI is InChI=1S/C11H9Cl3N2O2.ClH/c12-8-2-1-7(5-9(8)13)15-10-6-18-4-3-16(10)11(14)17;/h1-2,5H,3-4,6H2;1H. The molecule has 0 spiro atoms. The summed E-state index contributed by atoms with van der Waals surface area (Å²) in [6, 6.07) is 4.95. The van der Waals surface area contributed by atoms with Gasteiger partial charge in [0.05, 0.1) is 28.9 Å². The first kappa shape index (κ1) is 16.5. The second-order valence-corrected chi connectivity index (χ2v) is 4.72. The van der Waals surface area contributed by atoms with Gasteiger partial charge in [-0.1, -0.05) is 23.2 Å². The third-order valence-corrected chi connectivity index (χ3v) is 3.32. The van der Waals surface area contributed by atoms with E-state index in [1.54, 1.807) is 18.2 Å². The molecule has 1 heterocycles. The van der Waals surface area contributed by atoms with Crippen molar-refractivity contribution in [1.82, 2.24) is 4.90 Å². The van der Waals surface area contributed by atoms with Gasteiger partial charge in [-0.2, -0.15) is 0 Å². The maximum atomic E-state index is 11.2. The number of nitrogens with zero attached hydrogens (tertiary/aromatic N) is 2. The Bertz CT molecular complexity index is 507. The number of carbonyl (C=O) groups excluding carboxylic acids is 1. The van der Waals surface area contributed by atoms with E-state index in [0.29, 0.717) is 34.7 Å². The van der Waals surface area contributed by atoms with Crippen molar-refractivity contribution >= 4 is 64.1 Å². The lowest BCUT2D eigenvalue weighted by Gasteiger charge is -2.26. The lowest BCUT2D eigenvalue weighted by atomic mass is 10.3. The predicted octanol–water partition coefficient (Wildman–Crippen LogP) is 4.14. The number of amides is 1. The van der Waals surface area contributed by atoms with Crippen LogP contribution >= 0.6 is 47.2 Å². The van der Waals surface area contributed by atoms with Crippen molar-refractivity contribution in [2.75, 3.05) is 19.8 Å². The number of rotatable bonds is 1. The molecule has 2 rings (SSSR count). The van der Waals surface area contributed by atoms with Crippen LogP contribution in [0.4, 0.5) is 10.5 Å². The molecule has 0 aliphatic carbocycles. The molecule has 0 radical (unpaired) electrons. The van der Waals surface area contributed by atoms with Gasteiger partial charge in [0.25, 0.3) is 0 Å². The summed E-state index contributed by atoms with van der Waals surface area (Å²) in [5.41, 5.74) is 0.591. The van der Waals surface area contributed by atoms with Crippen molar-refractivity contribution in [3.63, 3.8) is 0 Å². The smallest absolute Gasteiger partial charge is 0.321 e. The van der Waals surface area contributed by atoms with Crippen molar-refractivity contribution in [2.45, 2.75) is 0 Å². The van der Waals surface area contributed by atoms with E-state index in [2.05, 4.69) is 4.99 Å². The van der Waals surface area contributed by atoms with Crippen molar-refractivity contribution in [1.29, 1.82) is 0 Å². The molecule has 1 aromatic rings. The summed E-state index contributed by atoms with van der Waals surface area (Å²) in [6.07, 6.45) is 0. The van der Waals surface area contributed by atoms with E-state index in [1.165, 1.54) is 4.90 Å². The number of morpholine rings is 1. The van der Waals surface area contributed by atoms with Crippen molar-refractivity contribution in [3.8, 4) is 0 Å². The van der Waals surface area contributed by atoms with Crippen molar-refractivity contribution in [3.05, 3.63) is 28.2 Å². The molecule has 0 atom stereocenters. The Morgan fingerprint density at radius 3 is 2.68 bits per heavy atom. The number of hydrogen-bond acceptors (Lipinski definition) is 3. The third kappa shape index (κ3) is 4.23. The highest BCUT2D eigenvalue weighted by Gasteiger charge is 2.21.